The average Bonchev–Trinajstić information content (AvgIpc) is 1.98. The number of aliphatic carboxylic acids is 1. The van der Waals surface area contributed by atoms with Gasteiger partial charge in [0.1, 0.15) is 6.54 Å². The summed E-state index contributed by atoms with van der Waals surface area (Å²) in [6.45, 7) is -1.21. The van der Waals surface area contributed by atoms with Crippen molar-refractivity contribution < 1.29 is 19.5 Å². The van der Waals surface area contributed by atoms with E-state index < -0.39 is 31.0 Å². The number of hydrogen-bond acceptors (Lipinski definition) is 4. The Labute approximate surface area is 67.9 Å². The van der Waals surface area contributed by atoms with Crippen molar-refractivity contribution >= 4 is 17.9 Å². The van der Waals surface area contributed by atoms with Crippen LogP contribution >= 0.6 is 0 Å². The van der Waals surface area contributed by atoms with E-state index in [4.69, 9.17) is 16.6 Å². The molecule has 0 saturated heterocycles. The van der Waals surface area contributed by atoms with Crippen molar-refractivity contribution in [1.29, 1.82) is 0 Å². The standard InChI is InChI=1S/C5H9N3O4/c6-1-3(9)8(5(7)12)2-4(10)11/h1-2,6H2,(H2,7,12)(H,10,11). The second kappa shape index (κ2) is 4.29. The van der Waals surface area contributed by atoms with Crippen LogP contribution < -0.4 is 11.5 Å². The summed E-state index contributed by atoms with van der Waals surface area (Å²) < 4.78 is 0. The Balaban J connectivity index is 4.33. The van der Waals surface area contributed by atoms with Crippen LogP contribution in [-0.4, -0.2) is 41.0 Å². The van der Waals surface area contributed by atoms with Crippen LogP contribution in [0, 0.1) is 0 Å². The molecule has 68 valence electrons. The minimum atomic E-state index is -1.32. The molecule has 0 saturated carbocycles. The Morgan fingerprint density at radius 3 is 2.08 bits per heavy atom. The van der Waals surface area contributed by atoms with Gasteiger partial charge in [0.15, 0.2) is 0 Å². The summed E-state index contributed by atoms with van der Waals surface area (Å²) in [5.74, 6) is -2.14. The molecule has 7 heteroatoms. The molecule has 0 fully saturated rings. The minimum absolute atomic E-state index is 0.363. The molecule has 0 spiro atoms. The second-order valence-electron chi connectivity index (χ2n) is 1.92. The Bertz CT molecular complexity index is 215. The second-order valence-corrected chi connectivity index (χ2v) is 1.92. The van der Waals surface area contributed by atoms with Gasteiger partial charge in [-0.2, -0.15) is 0 Å². The quantitative estimate of drug-likeness (QED) is 0.454. The molecule has 3 amide bonds. The van der Waals surface area contributed by atoms with E-state index >= 15 is 0 Å². The smallest absolute Gasteiger partial charge is 0.323 e. The Morgan fingerprint density at radius 2 is 1.83 bits per heavy atom. The lowest BCUT2D eigenvalue weighted by atomic mass is 10.5. The topological polar surface area (TPSA) is 127 Å². The minimum Gasteiger partial charge on any atom is -0.480 e. The Kier molecular flexibility index (Phi) is 3.71. The van der Waals surface area contributed by atoms with Crippen molar-refractivity contribution in [2.75, 3.05) is 13.1 Å². The molecular weight excluding hydrogens is 166 g/mol. The van der Waals surface area contributed by atoms with Gasteiger partial charge in [-0.15, -0.1) is 0 Å². The van der Waals surface area contributed by atoms with Crippen molar-refractivity contribution in [3.63, 3.8) is 0 Å². The van der Waals surface area contributed by atoms with Crippen molar-refractivity contribution in [3.8, 4) is 0 Å². The van der Waals surface area contributed by atoms with Crippen LogP contribution in [0.2, 0.25) is 0 Å². The van der Waals surface area contributed by atoms with Crippen LogP contribution in [-0.2, 0) is 9.59 Å². The predicted octanol–water partition coefficient (Wildman–Crippen LogP) is -2.06. The molecule has 0 unspecified atom stereocenters. The van der Waals surface area contributed by atoms with E-state index in [-0.39, 0.29) is 0 Å². The fourth-order valence-corrected chi connectivity index (χ4v) is 0.534. The molecule has 5 N–H and O–H groups in total. The molecule has 12 heavy (non-hydrogen) atoms. The van der Waals surface area contributed by atoms with Crippen LogP contribution in [0.5, 0.6) is 0 Å². The zero-order chi connectivity index (χ0) is 9.72. The van der Waals surface area contributed by atoms with Gasteiger partial charge in [0.2, 0.25) is 5.91 Å². The lowest BCUT2D eigenvalue weighted by molar-refractivity contribution is -0.141. The number of amides is 3. The summed E-state index contributed by atoms with van der Waals surface area (Å²) >= 11 is 0. The molecule has 0 radical (unpaired) electrons. The highest BCUT2D eigenvalue weighted by Gasteiger charge is 2.19. The predicted molar refractivity (Wildman–Crippen MR) is 38.0 cm³/mol. The van der Waals surface area contributed by atoms with Crippen LogP contribution in [0.4, 0.5) is 4.79 Å². The number of primary amides is 1. The molecule has 0 aliphatic heterocycles. The van der Waals surface area contributed by atoms with Crippen LogP contribution in [0.1, 0.15) is 0 Å². The number of carboxylic acid groups (broad SMARTS) is 1. The van der Waals surface area contributed by atoms with Crippen molar-refractivity contribution in [3.05, 3.63) is 0 Å². The molecule has 0 atom stereocenters. The number of rotatable bonds is 3. The number of nitrogens with two attached hydrogens (primary N) is 2. The van der Waals surface area contributed by atoms with E-state index in [1.54, 1.807) is 0 Å². The van der Waals surface area contributed by atoms with E-state index in [1.165, 1.54) is 0 Å². The van der Waals surface area contributed by atoms with E-state index in [9.17, 15) is 14.4 Å². The van der Waals surface area contributed by atoms with Gasteiger partial charge in [0, 0.05) is 0 Å². The zero-order valence-electron chi connectivity index (χ0n) is 6.19. The maximum absolute atomic E-state index is 10.7. The van der Waals surface area contributed by atoms with Crippen molar-refractivity contribution in [1.82, 2.24) is 4.90 Å². The van der Waals surface area contributed by atoms with E-state index in [0.717, 1.165) is 0 Å². The first-order valence-corrected chi connectivity index (χ1v) is 3.00. The molecule has 0 aliphatic rings. The lowest BCUT2D eigenvalue weighted by Gasteiger charge is -2.14. The number of imide groups is 1. The van der Waals surface area contributed by atoms with Crippen molar-refractivity contribution in [2.45, 2.75) is 0 Å². The lowest BCUT2D eigenvalue weighted by Crippen LogP contribution is -2.46. The van der Waals surface area contributed by atoms with Gasteiger partial charge in [0.05, 0.1) is 6.54 Å². The maximum atomic E-state index is 10.7. The normalized spacial score (nSPS) is 9.08. The Hall–Kier alpha value is -1.63. The van der Waals surface area contributed by atoms with Gasteiger partial charge in [-0.25, -0.2) is 4.79 Å². The summed E-state index contributed by atoms with van der Waals surface area (Å²) in [5.41, 5.74) is 9.60. The third-order valence-corrected chi connectivity index (χ3v) is 1.04. The summed E-state index contributed by atoms with van der Waals surface area (Å²) in [6.07, 6.45) is 0. The fraction of sp³-hybridized carbons (Fsp3) is 0.400. The number of nitrogens with zero attached hydrogens (tertiary/aromatic N) is 1. The summed E-state index contributed by atoms with van der Waals surface area (Å²) in [5, 5.41) is 8.23. The van der Waals surface area contributed by atoms with Gasteiger partial charge in [0.25, 0.3) is 0 Å². The first-order valence-electron chi connectivity index (χ1n) is 3.00. The summed E-state index contributed by atoms with van der Waals surface area (Å²) in [4.78, 5) is 31.6. The third kappa shape index (κ3) is 2.97. The SMILES string of the molecule is NCC(=O)N(CC(=O)O)C(N)=O. The van der Waals surface area contributed by atoms with E-state index in [1.807, 2.05) is 0 Å². The molecule has 0 rings (SSSR count). The third-order valence-electron chi connectivity index (χ3n) is 1.04. The number of carboxylic acids is 1. The molecule has 0 bridgehead atoms. The molecule has 0 aromatic rings. The van der Waals surface area contributed by atoms with Crippen LogP contribution in [0.3, 0.4) is 0 Å². The van der Waals surface area contributed by atoms with Crippen LogP contribution in [0.15, 0.2) is 0 Å². The van der Waals surface area contributed by atoms with E-state index in [0.29, 0.717) is 4.90 Å². The summed E-state index contributed by atoms with van der Waals surface area (Å²) in [7, 11) is 0. The van der Waals surface area contributed by atoms with Gasteiger partial charge < -0.3 is 16.6 Å². The Morgan fingerprint density at radius 1 is 1.33 bits per heavy atom. The average molecular weight is 175 g/mol. The first kappa shape index (κ1) is 10.4. The summed E-state index contributed by atoms with van der Waals surface area (Å²) in [6, 6.07) is -1.12. The van der Waals surface area contributed by atoms with Gasteiger partial charge in [-0.05, 0) is 0 Å². The highest BCUT2D eigenvalue weighted by molar-refractivity contribution is 5.97. The molecule has 0 heterocycles. The van der Waals surface area contributed by atoms with Gasteiger partial charge >= 0.3 is 12.0 Å². The number of urea groups is 1. The number of hydrogen-bond donors (Lipinski definition) is 3. The fourth-order valence-electron chi connectivity index (χ4n) is 0.534. The highest BCUT2D eigenvalue weighted by atomic mass is 16.4. The molecule has 0 aromatic carbocycles. The molecular formula is C5H9N3O4. The van der Waals surface area contributed by atoms with Gasteiger partial charge in [-0.1, -0.05) is 0 Å². The largest absolute Gasteiger partial charge is 0.480 e. The van der Waals surface area contributed by atoms with E-state index in [2.05, 4.69) is 0 Å². The maximum Gasteiger partial charge on any atom is 0.323 e. The highest BCUT2D eigenvalue weighted by Crippen LogP contribution is 1.87. The van der Waals surface area contributed by atoms with Crippen LogP contribution in [0.25, 0.3) is 0 Å². The van der Waals surface area contributed by atoms with Gasteiger partial charge in [-0.3, -0.25) is 14.5 Å². The molecule has 0 aromatic heterocycles. The molecule has 0 aliphatic carbocycles. The number of carbonyl (C=O) groups excluding carboxylic acids is 2. The zero-order valence-corrected chi connectivity index (χ0v) is 6.19. The molecule has 7 nitrogen and oxygen atoms in total. The van der Waals surface area contributed by atoms with Crippen molar-refractivity contribution in [2.24, 2.45) is 11.5 Å². The number of carbonyl (C=O) groups is 3. The monoisotopic (exact) mass is 175 g/mol. The first-order chi connectivity index (χ1) is 5.49.